The van der Waals surface area contributed by atoms with E-state index < -0.39 is 81.7 Å². The predicted molar refractivity (Wildman–Crippen MR) is 395 cm³/mol. The number of benzene rings is 3. The van der Waals surface area contributed by atoms with Crippen LogP contribution in [0.5, 0.6) is 0 Å². The molecule has 0 spiro atoms. The van der Waals surface area contributed by atoms with E-state index >= 15 is 0 Å². The highest BCUT2D eigenvalue weighted by Gasteiger charge is 2.32. The second kappa shape index (κ2) is 56.4. The summed E-state index contributed by atoms with van der Waals surface area (Å²) < 4.78 is 22.0. The van der Waals surface area contributed by atoms with Crippen LogP contribution in [0.25, 0.3) is 0 Å². The van der Waals surface area contributed by atoms with Crippen molar-refractivity contribution in [2.75, 3.05) is 102 Å². The third-order valence-corrected chi connectivity index (χ3v) is 15.8. The Bertz CT molecular complexity index is 2870. The number of nitro groups is 3. The molecule has 0 saturated heterocycles. The van der Waals surface area contributed by atoms with E-state index in [1.54, 1.807) is 76.0 Å². The van der Waals surface area contributed by atoms with Crippen molar-refractivity contribution in [2.24, 2.45) is 0 Å². The number of esters is 4. The number of rotatable bonds is 51. The Kier molecular flexibility index (Phi) is 52.0. The van der Waals surface area contributed by atoms with E-state index in [1.165, 1.54) is 143 Å². The molecule has 0 bridgehead atoms. The Hall–Kier alpha value is -8.09. The number of nitrogens with one attached hydrogen (secondary N) is 3. The van der Waals surface area contributed by atoms with Crippen LogP contribution in [-0.4, -0.2) is 207 Å². The second-order valence-electron chi connectivity index (χ2n) is 26.4. The van der Waals surface area contributed by atoms with Crippen molar-refractivity contribution in [1.82, 2.24) is 35.6 Å². The zero-order valence-corrected chi connectivity index (χ0v) is 62.3. The molecule has 582 valence electrons. The SMILES string of the molecule is C.CCCCCCCCCC(=O)N[C@H](CO)[C@H](OC(=O)CN(C)C)c1ccc([N+](=O)[O-])cc1.CCCCCCCCCC(=O)N[C@H](COC(=O)CN(C)C)[C@H](O)c1ccc([N+](=O)[O-])cc1.CCCCCCCCCC(=O)N[C@H](COC(=O)CN(C)C)[C@H](OC(=O)CN(C)C)c1ccc([N+](=O)[O-])cc1. The summed E-state index contributed by atoms with van der Waals surface area (Å²) in [5.74, 6) is -2.76. The molecule has 0 unspecified atom stereocenters. The van der Waals surface area contributed by atoms with Crippen LogP contribution in [0.1, 0.15) is 217 Å². The Balaban J connectivity index is 0.00000152. The molecule has 0 radical (unpaired) electrons. The van der Waals surface area contributed by atoms with Gasteiger partial charge < -0.3 is 45.1 Å². The number of carbonyl (C=O) groups is 7. The van der Waals surface area contributed by atoms with Crippen LogP contribution in [0.4, 0.5) is 17.1 Å². The van der Waals surface area contributed by atoms with Crippen molar-refractivity contribution in [1.29, 1.82) is 0 Å². The number of aliphatic hydroxyl groups is 2. The maximum Gasteiger partial charge on any atom is 0.320 e. The molecule has 3 rings (SSSR count). The number of nitrogens with zero attached hydrogens (tertiary/aromatic N) is 7. The van der Waals surface area contributed by atoms with Crippen molar-refractivity contribution >= 4 is 58.7 Å². The van der Waals surface area contributed by atoms with Crippen LogP contribution in [-0.2, 0) is 52.5 Å². The van der Waals surface area contributed by atoms with Crippen LogP contribution in [0.15, 0.2) is 72.8 Å². The third kappa shape index (κ3) is 44.9. The molecule has 0 aliphatic heterocycles. The van der Waals surface area contributed by atoms with Gasteiger partial charge in [-0.25, -0.2) is 0 Å². The summed E-state index contributed by atoms with van der Waals surface area (Å²) in [6.45, 7) is 5.76. The third-order valence-electron chi connectivity index (χ3n) is 15.8. The average molecular weight is 1460 g/mol. The van der Waals surface area contributed by atoms with Gasteiger partial charge in [-0.15, -0.1) is 0 Å². The van der Waals surface area contributed by atoms with Gasteiger partial charge in [0.15, 0.2) is 6.10 Å². The summed E-state index contributed by atoms with van der Waals surface area (Å²) in [4.78, 5) is 125. The molecule has 3 aromatic carbocycles. The van der Waals surface area contributed by atoms with Crippen molar-refractivity contribution < 1.29 is 77.5 Å². The summed E-state index contributed by atoms with van der Waals surface area (Å²) in [6.07, 6.45) is 20.4. The lowest BCUT2D eigenvalue weighted by atomic mass is 10.0. The summed E-state index contributed by atoms with van der Waals surface area (Å²) in [5, 5.41) is 62.0. The molecule has 5 N–H and O–H groups in total. The number of ether oxygens (including phenoxy) is 4. The number of aliphatic hydroxyl groups excluding tert-OH is 2. The minimum absolute atomic E-state index is 0. The van der Waals surface area contributed by atoms with Crippen molar-refractivity contribution in [2.45, 2.75) is 219 Å². The Morgan fingerprint density at radius 1 is 0.388 bits per heavy atom. The van der Waals surface area contributed by atoms with Crippen molar-refractivity contribution in [3.8, 4) is 0 Å². The first-order valence-electron chi connectivity index (χ1n) is 35.7. The lowest BCUT2D eigenvalue weighted by Crippen LogP contribution is -2.45. The number of carbonyl (C=O) groups excluding carboxylic acids is 7. The van der Waals surface area contributed by atoms with E-state index in [9.17, 15) is 74.1 Å². The molecule has 29 heteroatoms. The summed E-state index contributed by atoms with van der Waals surface area (Å²) in [6, 6.07) is 13.9. The smallest absolute Gasteiger partial charge is 0.320 e. The van der Waals surface area contributed by atoms with Gasteiger partial charge >= 0.3 is 23.9 Å². The second-order valence-corrected chi connectivity index (χ2v) is 26.4. The molecule has 0 saturated carbocycles. The zero-order chi connectivity index (χ0) is 76.4. The van der Waals surface area contributed by atoms with E-state index in [1.807, 2.05) is 0 Å². The molecule has 0 fully saturated rings. The Morgan fingerprint density at radius 2 is 0.641 bits per heavy atom. The standard InChI is InChI=1S/C27H44N4O7.2C23H37N3O6.CH4/c1-6-7-8-9-10-11-12-13-24(32)28-23(20-37-25(33)18-29(2)3)27(38-26(34)19-30(4)5)21-14-16-22(17-15-21)31(35)36;1-4-5-6-7-8-9-10-11-21(27)24-20(17-32-22(28)16-25(2)3)23(29)18-12-14-19(15-13-18)26(30)31;1-4-5-6-7-8-9-10-11-21(28)24-20(17-27)23(32-22(29)16-25(2)3)18-12-14-19(15-13-18)26(30)31;/h14-17,23,27H,6-13,18-20H2,1-5H3,(H,28,32);12-15,20,23,29H,4-11,16-17H2,1-3H3,(H,24,27);12-15,20,23,27H,4-11,16-17H2,1-3H3,(H,24,28);1H4/t23-,27-;2*20-,23-;/m111./s1. The average Bonchev–Trinajstić information content (AvgIpc) is 0.850. The lowest BCUT2D eigenvalue weighted by molar-refractivity contribution is -0.385. The fourth-order valence-corrected chi connectivity index (χ4v) is 10.4. The molecule has 0 heterocycles. The highest BCUT2D eigenvalue weighted by atomic mass is 16.6. The van der Waals surface area contributed by atoms with E-state index in [0.717, 1.165) is 57.8 Å². The molecule has 3 aromatic rings. The van der Waals surface area contributed by atoms with Crippen LogP contribution >= 0.6 is 0 Å². The molecule has 3 amide bonds. The van der Waals surface area contributed by atoms with Crippen LogP contribution in [0.2, 0.25) is 0 Å². The number of amides is 3. The van der Waals surface area contributed by atoms with Gasteiger partial charge in [0.05, 0.1) is 59.6 Å². The van der Waals surface area contributed by atoms with E-state index in [0.29, 0.717) is 36.0 Å². The normalized spacial score (nSPS) is 12.7. The number of unbranched alkanes of at least 4 members (excludes halogenated alkanes) is 18. The highest BCUT2D eigenvalue weighted by molar-refractivity contribution is 5.78. The zero-order valence-electron chi connectivity index (χ0n) is 62.3. The van der Waals surface area contributed by atoms with Crippen molar-refractivity contribution in [3.05, 3.63) is 120 Å². The van der Waals surface area contributed by atoms with Gasteiger partial charge in [-0.2, -0.15) is 0 Å². The first-order chi connectivity index (χ1) is 48.5. The number of hydrogen-bond donors (Lipinski definition) is 5. The van der Waals surface area contributed by atoms with Gasteiger partial charge in [0.2, 0.25) is 17.7 Å². The van der Waals surface area contributed by atoms with Crippen LogP contribution in [0, 0.1) is 30.3 Å². The molecule has 6 atom stereocenters. The van der Waals surface area contributed by atoms with Gasteiger partial charge in [-0.1, -0.05) is 144 Å². The van der Waals surface area contributed by atoms with Crippen LogP contribution < -0.4 is 16.0 Å². The molecule has 103 heavy (non-hydrogen) atoms. The monoisotopic (exact) mass is 1450 g/mol. The first-order valence-corrected chi connectivity index (χ1v) is 35.7. The molecule has 0 aliphatic rings. The van der Waals surface area contributed by atoms with Crippen LogP contribution in [0.3, 0.4) is 0 Å². The Labute approximate surface area is 610 Å². The minimum Gasteiger partial charge on any atom is -0.462 e. The fraction of sp³-hybridized carbons (Fsp3) is 0.662. The number of nitro benzene ring substituents is 3. The molecular weight excluding hydrogens is 1330 g/mol. The molecular formula is C74H122N10O19. The topological polar surface area (TPSA) is 375 Å². The quantitative estimate of drug-likeness (QED) is 0.0115. The summed E-state index contributed by atoms with van der Waals surface area (Å²) in [5.41, 5.74) is 0.962. The van der Waals surface area contributed by atoms with Gasteiger partial charge in [0.25, 0.3) is 17.1 Å². The molecule has 29 nitrogen and oxygen atoms in total. The molecule has 0 aliphatic carbocycles. The number of non-ortho nitro benzene ring substituents is 3. The van der Waals surface area contributed by atoms with Crippen molar-refractivity contribution in [3.63, 3.8) is 0 Å². The largest absolute Gasteiger partial charge is 0.462 e. The predicted octanol–water partition coefficient (Wildman–Crippen LogP) is 10.8. The number of hydrogen-bond acceptors (Lipinski definition) is 23. The van der Waals surface area contributed by atoms with Gasteiger partial charge in [0.1, 0.15) is 31.5 Å². The van der Waals surface area contributed by atoms with Gasteiger partial charge in [-0.05, 0) is 129 Å². The van der Waals surface area contributed by atoms with Gasteiger partial charge in [-0.3, -0.25) is 83.5 Å². The minimum atomic E-state index is -1.18. The number of likely N-dealkylation sites (N-methyl/N-ethyl adjacent to an activating group) is 4. The Morgan fingerprint density at radius 3 is 0.932 bits per heavy atom. The maximum absolute atomic E-state index is 12.9. The van der Waals surface area contributed by atoms with E-state index in [-0.39, 0.29) is 88.0 Å². The van der Waals surface area contributed by atoms with E-state index in [4.69, 9.17) is 18.9 Å². The summed E-state index contributed by atoms with van der Waals surface area (Å²) >= 11 is 0. The van der Waals surface area contributed by atoms with Gasteiger partial charge in [0, 0.05) is 55.7 Å². The highest BCUT2D eigenvalue weighted by Crippen LogP contribution is 2.28. The maximum atomic E-state index is 12.9. The fourth-order valence-electron chi connectivity index (χ4n) is 10.4. The lowest BCUT2D eigenvalue weighted by Gasteiger charge is -2.29. The summed E-state index contributed by atoms with van der Waals surface area (Å²) in [7, 11) is 13.8. The van der Waals surface area contributed by atoms with E-state index in [2.05, 4.69) is 36.7 Å². The first kappa shape index (κ1) is 94.9. The molecule has 0 aromatic heterocycles.